The van der Waals surface area contributed by atoms with Crippen LogP contribution in [0.5, 0.6) is 5.88 Å². The van der Waals surface area contributed by atoms with Gasteiger partial charge in [0.25, 0.3) is 0 Å². The van der Waals surface area contributed by atoms with Crippen LogP contribution in [0.2, 0.25) is 10.0 Å². The second-order valence-corrected chi connectivity index (χ2v) is 6.44. The summed E-state index contributed by atoms with van der Waals surface area (Å²) >= 11 is 12.4. The van der Waals surface area contributed by atoms with Crippen molar-refractivity contribution >= 4 is 39.9 Å². The lowest BCUT2D eigenvalue weighted by atomic mass is 10.2. The number of benzene rings is 1. The van der Waals surface area contributed by atoms with Crippen LogP contribution in [-0.4, -0.2) is 26.5 Å². The molecule has 0 unspecified atom stereocenters. The van der Waals surface area contributed by atoms with Crippen molar-refractivity contribution in [1.29, 1.82) is 5.26 Å². The van der Waals surface area contributed by atoms with E-state index in [1.165, 1.54) is 0 Å². The third kappa shape index (κ3) is 2.45. The van der Waals surface area contributed by atoms with Crippen LogP contribution in [0.4, 0.5) is 0 Å². The van der Waals surface area contributed by atoms with Crippen LogP contribution >= 0.6 is 23.2 Å². The summed E-state index contributed by atoms with van der Waals surface area (Å²) in [5.74, 6) is 0.994. The van der Waals surface area contributed by atoms with Crippen LogP contribution in [0.25, 0.3) is 28.1 Å². The highest BCUT2D eigenvalue weighted by Gasteiger charge is 2.20. The molecule has 4 rings (SSSR count). The van der Waals surface area contributed by atoms with Crippen LogP contribution in [0, 0.1) is 18.3 Å². The van der Waals surface area contributed by atoms with Gasteiger partial charge < -0.3 is 4.74 Å². The van der Waals surface area contributed by atoms with E-state index in [2.05, 4.69) is 21.0 Å². The number of aromatic nitrogens is 4. The molecule has 26 heavy (non-hydrogen) atoms. The van der Waals surface area contributed by atoms with Gasteiger partial charge in [0.15, 0.2) is 11.3 Å². The van der Waals surface area contributed by atoms with Gasteiger partial charge in [-0.3, -0.25) is 4.40 Å². The van der Waals surface area contributed by atoms with Crippen molar-refractivity contribution in [3.05, 3.63) is 51.8 Å². The van der Waals surface area contributed by atoms with Crippen molar-refractivity contribution in [2.24, 2.45) is 0 Å². The van der Waals surface area contributed by atoms with Crippen molar-refractivity contribution < 1.29 is 4.74 Å². The molecule has 1 aromatic carbocycles. The standard InChI is InChI=1S/C18H11Cl2N5O/c1-9-16-14(8-21)23-13-5-6-15(26-2)24-18(13)25(16)17(22-9)11-4-3-10(19)7-12(11)20/h3-7H,1-2H3. The summed E-state index contributed by atoms with van der Waals surface area (Å²) in [6.07, 6.45) is 0. The quantitative estimate of drug-likeness (QED) is 0.511. The molecule has 0 N–H and O–H groups in total. The molecule has 3 aromatic heterocycles. The molecule has 0 aliphatic heterocycles. The Morgan fingerprint density at radius 2 is 1.92 bits per heavy atom. The lowest BCUT2D eigenvalue weighted by Gasteiger charge is -2.09. The smallest absolute Gasteiger partial charge is 0.215 e. The molecule has 0 spiro atoms. The summed E-state index contributed by atoms with van der Waals surface area (Å²) in [7, 11) is 1.54. The third-order valence-corrected chi connectivity index (χ3v) is 4.58. The van der Waals surface area contributed by atoms with E-state index in [4.69, 9.17) is 27.9 Å². The first-order valence-corrected chi connectivity index (χ1v) is 8.38. The van der Waals surface area contributed by atoms with Gasteiger partial charge in [-0.2, -0.15) is 10.2 Å². The Labute approximate surface area is 158 Å². The maximum absolute atomic E-state index is 9.55. The summed E-state index contributed by atoms with van der Waals surface area (Å²) in [6, 6.07) is 10.8. The number of methoxy groups -OCH3 is 1. The van der Waals surface area contributed by atoms with Crippen molar-refractivity contribution in [2.75, 3.05) is 7.11 Å². The Balaban J connectivity index is 2.21. The molecular formula is C18H11Cl2N5O. The highest BCUT2D eigenvalue weighted by atomic mass is 35.5. The number of hydrogen-bond acceptors (Lipinski definition) is 5. The minimum atomic E-state index is 0.269. The van der Waals surface area contributed by atoms with Crippen LogP contribution in [-0.2, 0) is 0 Å². The number of pyridine rings is 1. The number of fused-ring (bicyclic) bond motifs is 3. The molecule has 6 nitrogen and oxygen atoms in total. The summed E-state index contributed by atoms with van der Waals surface area (Å²) in [5, 5.41) is 10.5. The topological polar surface area (TPSA) is 76.1 Å². The Morgan fingerprint density at radius 1 is 1.12 bits per heavy atom. The summed E-state index contributed by atoms with van der Waals surface area (Å²) < 4.78 is 7.02. The highest BCUT2D eigenvalue weighted by Crippen LogP contribution is 2.33. The molecule has 0 saturated heterocycles. The Bertz CT molecular complexity index is 1230. The lowest BCUT2D eigenvalue weighted by Crippen LogP contribution is -2.01. The molecule has 4 aromatic rings. The van der Waals surface area contributed by atoms with Crippen molar-refractivity contribution in [1.82, 2.24) is 19.4 Å². The van der Waals surface area contributed by atoms with E-state index in [1.807, 2.05) is 6.92 Å². The fraction of sp³-hybridized carbons (Fsp3) is 0.111. The van der Waals surface area contributed by atoms with Gasteiger partial charge in [0.2, 0.25) is 5.88 Å². The molecule has 0 amide bonds. The van der Waals surface area contributed by atoms with Gasteiger partial charge in [0.05, 0.1) is 17.8 Å². The number of aryl methyl sites for hydroxylation is 1. The maximum Gasteiger partial charge on any atom is 0.215 e. The lowest BCUT2D eigenvalue weighted by molar-refractivity contribution is 0.399. The molecule has 0 saturated carbocycles. The van der Waals surface area contributed by atoms with E-state index in [-0.39, 0.29) is 5.69 Å². The fourth-order valence-corrected chi connectivity index (χ4v) is 3.40. The van der Waals surface area contributed by atoms with E-state index >= 15 is 0 Å². The van der Waals surface area contributed by atoms with Gasteiger partial charge in [-0.05, 0) is 31.2 Å². The maximum atomic E-state index is 9.55. The number of nitriles is 1. The van der Waals surface area contributed by atoms with Gasteiger partial charge in [-0.25, -0.2) is 9.97 Å². The number of ether oxygens (including phenoxy) is 1. The Kier molecular flexibility index (Phi) is 3.91. The first-order chi connectivity index (χ1) is 12.5. The first kappa shape index (κ1) is 16.6. The van der Waals surface area contributed by atoms with E-state index in [0.29, 0.717) is 49.7 Å². The van der Waals surface area contributed by atoms with Gasteiger partial charge >= 0.3 is 0 Å². The zero-order chi connectivity index (χ0) is 18.4. The first-order valence-electron chi connectivity index (χ1n) is 7.63. The molecule has 0 atom stereocenters. The molecule has 0 fully saturated rings. The van der Waals surface area contributed by atoms with Crippen LogP contribution < -0.4 is 4.74 Å². The zero-order valence-corrected chi connectivity index (χ0v) is 15.3. The molecule has 0 aliphatic rings. The molecule has 0 radical (unpaired) electrons. The second kappa shape index (κ2) is 6.13. The number of hydrogen-bond donors (Lipinski definition) is 0. The molecule has 0 aliphatic carbocycles. The predicted octanol–water partition coefficient (Wildman–Crippen LogP) is 4.44. The second-order valence-electron chi connectivity index (χ2n) is 5.60. The van der Waals surface area contributed by atoms with Gasteiger partial charge in [0, 0.05) is 16.7 Å². The largest absolute Gasteiger partial charge is 0.481 e. The normalized spacial score (nSPS) is 11.0. The van der Waals surface area contributed by atoms with Crippen LogP contribution in [0.3, 0.4) is 0 Å². The molecular weight excluding hydrogens is 373 g/mol. The number of rotatable bonds is 2. The monoisotopic (exact) mass is 383 g/mol. The zero-order valence-electron chi connectivity index (χ0n) is 13.8. The van der Waals surface area contributed by atoms with E-state index < -0.39 is 0 Å². The fourth-order valence-electron chi connectivity index (χ4n) is 2.91. The van der Waals surface area contributed by atoms with Crippen LogP contribution in [0.15, 0.2) is 30.3 Å². The molecule has 3 heterocycles. The van der Waals surface area contributed by atoms with Crippen molar-refractivity contribution in [2.45, 2.75) is 6.92 Å². The Morgan fingerprint density at radius 3 is 2.62 bits per heavy atom. The average Bonchev–Trinajstić information content (AvgIpc) is 2.98. The minimum absolute atomic E-state index is 0.269. The molecule has 0 bridgehead atoms. The van der Waals surface area contributed by atoms with Gasteiger partial charge in [0.1, 0.15) is 22.9 Å². The number of imidazole rings is 1. The molecule has 128 valence electrons. The number of nitrogens with zero attached hydrogens (tertiary/aromatic N) is 5. The predicted molar refractivity (Wildman–Crippen MR) is 99.7 cm³/mol. The third-order valence-electron chi connectivity index (χ3n) is 4.04. The van der Waals surface area contributed by atoms with Crippen LogP contribution in [0.1, 0.15) is 11.4 Å². The van der Waals surface area contributed by atoms with Crippen molar-refractivity contribution in [3.63, 3.8) is 0 Å². The SMILES string of the molecule is COc1ccc2nc(C#N)c3c(C)nc(-c4ccc(Cl)cc4Cl)n3c2n1. The highest BCUT2D eigenvalue weighted by molar-refractivity contribution is 6.36. The summed E-state index contributed by atoms with van der Waals surface area (Å²) in [6.45, 7) is 1.82. The Hall–Kier alpha value is -2.88. The average molecular weight is 384 g/mol. The van der Waals surface area contributed by atoms with Gasteiger partial charge in [-0.1, -0.05) is 23.2 Å². The number of halogens is 2. The van der Waals surface area contributed by atoms with E-state index in [1.54, 1.807) is 41.8 Å². The summed E-state index contributed by atoms with van der Waals surface area (Å²) in [5.41, 5.74) is 3.27. The molecule has 8 heteroatoms. The van der Waals surface area contributed by atoms with Crippen molar-refractivity contribution in [3.8, 4) is 23.3 Å². The van der Waals surface area contributed by atoms with E-state index in [0.717, 1.165) is 0 Å². The summed E-state index contributed by atoms with van der Waals surface area (Å²) in [4.78, 5) is 13.5. The van der Waals surface area contributed by atoms with Gasteiger partial charge in [-0.15, -0.1) is 0 Å². The van der Waals surface area contributed by atoms with E-state index in [9.17, 15) is 5.26 Å². The minimum Gasteiger partial charge on any atom is -0.481 e.